The zero-order chi connectivity index (χ0) is 18.9. The Morgan fingerprint density at radius 1 is 1.00 bits per heavy atom. The van der Waals surface area contributed by atoms with Gasteiger partial charge in [0.1, 0.15) is 5.82 Å². The topological polar surface area (TPSA) is 69.4 Å². The quantitative estimate of drug-likeness (QED) is 0.700. The van der Waals surface area contributed by atoms with Crippen LogP contribution in [0.4, 0.5) is 4.39 Å². The SMILES string of the molecule is CCOC(=O)CCc1cc(CCC(N)=O)cc(Cc2ccccc2F)c1. The summed E-state index contributed by atoms with van der Waals surface area (Å²) >= 11 is 0. The summed E-state index contributed by atoms with van der Waals surface area (Å²) in [6.07, 6.45) is 2.04. The van der Waals surface area contributed by atoms with Gasteiger partial charge in [-0.1, -0.05) is 36.4 Å². The molecule has 0 fully saturated rings. The molecule has 0 aliphatic heterocycles. The zero-order valence-electron chi connectivity index (χ0n) is 15.0. The second-order valence-electron chi connectivity index (χ2n) is 6.20. The van der Waals surface area contributed by atoms with Crippen LogP contribution in [0.2, 0.25) is 0 Å². The maximum Gasteiger partial charge on any atom is 0.306 e. The van der Waals surface area contributed by atoms with Crippen molar-refractivity contribution in [3.63, 3.8) is 0 Å². The molecule has 0 heterocycles. The summed E-state index contributed by atoms with van der Waals surface area (Å²) in [5.41, 5.74) is 8.71. The van der Waals surface area contributed by atoms with Crippen LogP contribution in [0.25, 0.3) is 0 Å². The Bertz CT molecular complexity index is 774. The van der Waals surface area contributed by atoms with Crippen LogP contribution in [0, 0.1) is 5.82 Å². The number of benzene rings is 2. The third kappa shape index (κ3) is 6.31. The highest BCUT2D eigenvalue weighted by molar-refractivity contribution is 5.74. The molecule has 0 aliphatic rings. The lowest BCUT2D eigenvalue weighted by Gasteiger charge is -2.11. The predicted octanol–water partition coefficient (Wildman–Crippen LogP) is 3.33. The Morgan fingerprint density at radius 2 is 1.62 bits per heavy atom. The molecule has 0 atom stereocenters. The molecule has 2 rings (SSSR count). The summed E-state index contributed by atoms with van der Waals surface area (Å²) in [4.78, 5) is 22.7. The van der Waals surface area contributed by atoms with E-state index < -0.39 is 0 Å². The molecule has 0 aliphatic carbocycles. The van der Waals surface area contributed by atoms with Gasteiger partial charge in [0.25, 0.3) is 0 Å². The number of aryl methyl sites for hydroxylation is 2. The van der Waals surface area contributed by atoms with Crippen LogP contribution < -0.4 is 5.73 Å². The maximum absolute atomic E-state index is 13.9. The molecule has 2 N–H and O–H groups in total. The van der Waals surface area contributed by atoms with Crippen LogP contribution in [0.1, 0.15) is 42.0 Å². The van der Waals surface area contributed by atoms with Crippen molar-refractivity contribution in [1.29, 1.82) is 0 Å². The van der Waals surface area contributed by atoms with E-state index in [0.717, 1.165) is 16.7 Å². The first-order chi connectivity index (χ1) is 12.5. The summed E-state index contributed by atoms with van der Waals surface area (Å²) in [5.74, 6) is -0.855. The van der Waals surface area contributed by atoms with Crippen LogP contribution in [-0.4, -0.2) is 18.5 Å². The molecule has 0 saturated carbocycles. The number of ether oxygens (including phenoxy) is 1. The van der Waals surface area contributed by atoms with Gasteiger partial charge in [0.2, 0.25) is 5.91 Å². The highest BCUT2D eigenvalue weighted by Crippen LogP contribution is 2.19. The summed E-state index contributed by atoms with van der Waals surface area (Å²) in [6.45, 7) is 2.13. The predicted molar refractivity (Wildman–Crippen MR) is 98.1 cm³/mol. The average Bonchev–Trinajstić information content (AvgIpc) is 2.60. The van der Waals surface area contributed by atoms with Gasteiger partial charge >= 0.3 is 5.97 Å². The van der Waals surface area contributed by atoms with Gasteiger partial charge in [0.15, 0.2) is 0 Å². The molecule has 0 unspecified atom stereocenters. The van der Waals surface area contributed by atoms with E-state index in [1.165, 1.54) is 6.07 Å². The molecular formula is C21H24FNO3. The molecule has 138 valence electrons. The van der Waals surface area contributed by atoms with Crippen molar-refractivity contribution in [2.24, 2.45) is 5.73 Å². The van der Waals surface area contributed by atoms with Crippen LogP contribution in [-0.2, 0) is 33.6 Å². The van der Waals surface area contributed by atoms with E-state index >= 15 is 0 Å². The minimum absolute atomic E-state index is 0.245. The molecule has 26 heavy (non-hydrogen) atoms. The van der Waals surface area contributed by atoms with E-state index in [1.807, 2.05) is 18.2 Å². The Morgan fingerprint density at radius 3 is 2.23 bits per heavy atom. The van der Waals surface area contributed by atoms with Crippen LogP contribution in [0.5, 0.6) is 0 Å². The Balaban J connectivity index is 2.20. The van der Waals surface area contributed by atoms with Crippen molar-refractivity contribution in [2.45, 2.75) is 39.0 Å². The van der Waals surface area contributed by atoms with Gasteiger partial charge in [-0.25, -0.2) is 4.39 Å². The lowest BCUT2D eigenvalue weighted by Crippen LogP contribution is -2.11. The average molecular weight is 357 g/mol. The van der Waals surface area contributed by atoms with E-state index in [4.69, 9.17) is 10.5 Å². The smallest absolute Gasteiger partial charge is 0.306 e. The van der Waals surface area contributed by atoms with Crippen molar-refractivity contribution in [3.8, 4) is 0 Å². The minimum Gasteiger partial charge on any atom is -0.466 e. The van der Waals surface area contributed by atoms with Crippen LogP contribution in [0.3, 0.4) is 0 Å². The number of carbonyl (C=O) groups is 2. The number of carbonyl (C=O) groups excluding carboxylic acids is 2. The summed E-state index contributed by atoms with van der Waals surface area (Å²) in [7, 11) is 0. The summed E-state index contributed by atoms with van der Waals surface area (Å²) in [5, 5.41) is 0. The number of esters is 1. The van der Waals surface area contributed by atoms with Gasteiger partial charge in [0.05, 0.1) is 6.61 Å². The fourth-order valence-corrected chi connectivity index (χ4v) is 2.84. The molecule has 2 aromatic carbocycles. The van der Waals surface area contributed by atoms with Gasteiger partial charge in [-0.15, -0.1) is 0 Å². The second kappa shape index (κ2) is 9.70. The van der Waals surface area contributed by atoms with E-state index in [-0.39, 0.29) is 30.5 Å². The molecular weight excluding hydrogens is 333 g/mol. The highest BCUT2D eigenvalue weighted by Gasteiger charge is 2.09. The number of nitrogens with two attached hydrogens (primary N) is 1. The highest BCUT2D eigenvalue weighted by atomic mass is 19.1. The van der Waals surface area contributed by atoms with Crippen LogP contribution >= 0.6 is 0 Å². The van der Waals surface area contributed by atoms with Crippen molar-refractivity contribution in [1.82, 2.24) is 0 Å². The normalized spacial score (nSPS) is 10.5. The fraction of sp³-hybridized carbons (Fsp3) is 0.333. The van der Waals surface area contributed by atoms with Gasteiger partial charge in [-0.05, 0) is 48.1 Å². The fourth-order valence-electron chi connectivity index (χ4n) is 2.84. The Labute approximate surface area is 153 Å². The van der Waals surface area contributed by atoms with E-state index in [2.05, 4.69) is 0 Å². The lowest BCUT2D eigenvalue weighted by molar-refractivity contribution is -0.143. The van der Waals surface area contributed by atoms with Crippen molar-refractivity contribution in [3.05, 3.63) is 70.5 Å². The molecule has 2 aromatic rings. The first-order valence-electron chi connectivity index (χ1n) is 8.77. The maximum atomic E-state index is 13.9. The number of primary amides is 1. The second-order valence-corrected chi connectivity index (χ2v) is 6.20. The van der Waals surface area contributed by atoms with Gasteiger partial charge < -0.3 is 10.5 Å². The first kappa shape index (κ1) is 19.6. The molecule has 0 bridgehead atoms. The number of hydrogen-bond donors (Lipinski definition) is 1. The molecule has 0 aromatic heterocycles. The van der Waals surface area contributed by atoms with Gasteiger partial charge in [-0.3, -0.25) is 9.59 Å². The van der Waals surface area contributed by atoms with E-state index in [0.29, 0.717) is 31.4 Å². The number of halogens is 1. The third-order valence-electron chi connectivity index (χ3n) is 4.05. The first-order valence-corrected chi connectivity index (χ1v) is 8.77. The van der Waals surface area contributed by atoms with Crippen molar-refractivity contribution < 1.29 is 18.7 Å². The van der Waals surface area contributed by atoms with E-state index in [1.54, 1.807) is 25.1 Å². The van der Waals surface area contributed by atoms with Gasteiger partial charge in [0, 0.05) is 19.3 Å². The van der Waals surface area contributed by atoms with Crippen molar-refractivity contribution >= 4 is 11.9 Å². The molecule has 0 spiro atoms. The summed E-state index contributed by atoms with van der Waals surface area (Å²) < 4.78 is 18.9. The Hall–Kier alpha value is -2.69. The Kier molecular flexibility index (Phi) is 7.33. The zero-order valence-corrected chi connectivity index (χ0v) is 15.0. The molecule has 1 amide bonds. The molecule has 4 nitrogen and oxygen atoms in total. The largest absolute Gasteiger partial charge is 0.466 e. The molecule has 5 heteroatoms. The third-order valence-corrected chi connectivity index (χ3v) is 4.05. The lowest BCUT2D eigenvalue weighted by atomic mass is 9.96. The van der Waals surface area contributed by atoms with Crippen molar-refractivity contribution in [2.75, 3.05) is 6.61 Å². The minimum atomic E-state index is -0.363. The molecule has 0 radical (unpaired) electrons. The standard InChI is InChI=1S/C21H24FNO3/c1-2-26-21(25)10-8-16-11-15(7-9-20(23)24)12-17(13-16)14-18-5-3-4-6-19(18)22/h3-6,11-13H,2,7-10,14H2,1H3,(H2,23,24). The van der Waals surface area contributed by atoms with Gasteiger partial charge in [-0.2, -0.15) is 0 Å². The van der Waals surface area contributed by atoms with Crippen LogP contribution in [0.15, 0.2) is 42.5 Å². The molecule has 0 saturated heterocycles. The summed E-state index contributed by atoms with van der Waals surface area (Å²) in [6, 6.07) is 12.6. The number of rotatable bonds is 9. The van der Waals surface area contributed by atoms with E-state index in [9.17, 15) is 14.0 Å². The number of amides is 1. The number of hydrogen-bond acceptors (Lipinski definition) is 3. The monoisotopic (exact) mass is 357 g/mol.